The van der Waals surface area contributed by atoms with Gasteiger partial charge in [0.15, 0.2) is 0 Å². The lowest BCUT2D eigenvalue weighted by molar-refractivity contribution is -0.131. The molecule has 0 N–H and O–H groups in total. The second-order valence-electron chi connectivity index (χ2n) is 3.96. The van der Waals surface area contributed by atoms with Crippen LogP contribution in [0.3, 0.4) is 0 Å². The van der Waals surface area contributed by atoms with Crippen LogP contribution in [0.5, 0.6) is 0 Å². The van der Waals surface area contributed by atoms with Gasteiger partial charge in [-0.1, -0.05) is 6.42 Å². The second-order valence-corrected chi connectivity index (χ2v) is 3.96. The molecule has 1 aliphatic carbocycles. The number of aldehydes is 1. The predicted octanol–water partition coefficient (Wildman–Crippen LogP) is 1.39. The molecule has 2 rings (SSSR count). The Hall–Kier alpha value is -0.370. The Morgan fingerprint density at radius 1 is 1.55 bits per heavy atom. The molecule has 0 aromatic carbocycles. The number of fused-ring (bicyclic) bond motifs is 2. The largest absolute Gasteiger partial charge is 0.380 e. The highest BCUT2D eigenvalue weighted by molar-refractivity contribution is 5.60. The van der Waals surface area contributed by atoms with Crippen LogP contribution >= 0.6 is 0 Å². The fraction of sp³-hybridized carbons (Fsp3) is 0.889. The number of carbonyl (C=O) groups excluding carboxylic acids is 1. The zero-order valence-electron chi connectivity index (χ0n) is 6.71. The van der Waals surface area contributed by atoms with Crippen molar-refractivity contribution in [3.8, 4) is 0 Å². The first-order valence-electron chi connectivity index (χ1n) is 4.39. The van der Waals surface area contributed by atoms with Crippen molar-refractivity contribution < 1.29 is 9.53 Å². The van der Waals surface area contributed by atoms with Crippen molar-refractivity contribution in [3.63, 3.8) is 0 Å². The van der Waals surface area contributed by atoms with Crippen molar-refractivity contribution in [1.29, 1.82) is 0 Å². The number of ether oxygens (including phenoxy) is 1. The van der Waals surface area contributed by atoms with Gasteiger partial charge < -0.3 is 9.53 Å². The molecule has 2 heteroatoms. The molecule has 0 radical (unpaired) electrons. The summed E-state index contributed by atoms with van der Waals surface area (Å²) in [7, 11) is 0. The summed E-state index contributed by atoms with van der Waals surface area (Å²) in [5.41, 5.74) is -0.0822. The summed E-state index contributed by atoms with van der Waals surface area (Å²) in [4.78, 5) is 10.8. The van der Waals surface area contributed by atoms with E-state index in [0.717, 1.165) is 25.7 Å². The predicted molar refractivity (Wildman–Crippen MR) is 41.3 cm³/mol. The Morgan fingerprint density at radius 2 is 2.45 bits per heavy atom. The Kier molecular flexibility index (Phi) is 1.72. The van der Waals surface area contributed by atoms with E-state index in [0.29, 0.717) is 12.5 Å². The normalized spacial score (nSPS) is 43.5. The molecule has 1 saturated heterocycles. The molecule has 1 heterocycles. The molecule has 2 bridgehead atoms. The molecular weight excluding hydrogens is 140 g/mol. The molecule has 62 valence electrons. The summed E-state index contributed by atoms with van der Waals surface area (Å²) in [5.74, 6) is 0.669. The molecule has 0 aromatic rings. The summed E-state index contributed by atoms with van der Waals surface area (Å²) in [6.45, 7) is 1.56. The van der Waals surface area contributed by atoms with Gasteiger partial charge in [-0.15, -0.1) is 0 Å². The van der Waals surface area contributed by atoms with E-state index in [1.165, 1.54) is 12.8 Å². The van der Waals surface area contributed by atoms with Gasteiger partial charge in [0.05, 0.1) is 6.61 Å². The van der Waals surface area contributed by atoms with E-state index in [-0.39, 0.29) is 5.41 Å². The number of carbonyl (C=O) groups is 1. The first-order chi connectivity index (χ1) is 5.35. The fourth-order valence-electron chi connectivity index (χ4n) is 2.37. The van der Waals surface area contributed by atoms with Crippen LogP contribution in [0, 0.1) is 11.3 Å². The van der Waals surface area contributed by atoms with Gasteiger partial charge in [0.1, 0.15) is 6.29 Å². The van der Waals surface area contributed by atoms with Crippen LogP contribution in [0.1, 0.15) is 25.7 Å². The number of rotatable bonds is 1. The van der Waals surface area contributed by atoms with Crippen LogP contribution in [0.2, 0.25) is 0 Å². The first-order valence-corrected chi connectivity index (χ1v) is 4.39. The van der Waals surface area contributed by atoms with Gasteiger partial charge in [0.25, 0.3) is 0 Å². The first kappa shape index (κ1) is 7.29. The van der Waals surface area contributed by atoms with E-state index in [9.17, 15) is 4.79 Å². The van der Waals surface area contributed by atoms with Crippen molar-refractivity contribution in [2.24, 2.45) is 11.3 Å². The van der Waals surface area contributed by atoms with Crippen molar-refractivity contribution >= 4 is 6.29 Å². The SMILES string of the molecule is O=CC12CCCC(COC1)C2. The molecule has 2 nitrogen and oxygen atoms in total. The van der Waals surface area contributed by atoms with Gasteiger partial charge in [0.2, 0.25) is 0 Å². The average molecular weight is 154 g/mol. The summed E-state index contributed by atoms with van der Waals surface area (Å²) >= 11 is 0. The monoisotopic (exact) mass is 154 g/mol. The van der Waals surface area contributed by atoms with Crippen LogP contribution in [0.15, 0.2) is 0 Å². The zero-order chi connectivity index (χ0) is 7.73. The number of hydrogen-bond donors (Lipinski definition) is 0. The van der Waals surface area contributed by atoms with Crippen molar-refractivity contribution in [3.05, 3.63) is 0 Å². The Bertz CT molecular complexity index is 155. The quantitative estimate of drug-likeness (QED) is 0.533. The van der Waals surface area contributed by atoms with Crippen LogP contribution in [-0.2, 0) is 9.53 Å². The third-order valence-corrected chi connectivity index (χ3v) is 2.98. The molecule has 11 heavy (non-hydrogen) atoms. The molecule has 0 aromatic heterocycles. The standard InChI is InChI=1S/C9H14O2/c10-6-9-3-1-2-8(4-9)5-11-7-9/h6,8H,1-5,7H2. The van der Waals surface area contributed by atoms with Gasteiger partial charge in [-0.2, -0.15) is 0 Å². The summed E-state index contributed by atoms with van der Waals surface area (Å²) in [6, 6.07) is 0. The van der Waals surface area contributed by atoms with Gasteiger partial charge in [-0.3, -0.25) is 0 Å². The molecule has 0 amide bonds. The average Bonchev–Trinajstić information content (AvgIpc) is 2.05. The van der Waals surface area contributed by atoms with E-state index >= 15 is 0 Å². The maximum Gasteiger partial charge on any atom is 0.128 e. The molecule has 2 fully saturated rings. The van der Waals surface area contributed by atoms with Crippen LogP contribution in [0.4, 0.5) is 0 Å². The van der Waals surface area contributed by atoms with E-state index < -0.39 is 0 Å². The minimum Gasteiger partial charge on any atom is -0.380 e. The minimum absolute atomic E-state index is 0.0822. The lowest BCUT2D eigenvalue weighted by atomic mass is 9.70. The lowest BCUT2D eigenvalue weighted by Gasteiger charge is -2.41. The highest BCUT2D eigenvalue weighted by atomic mass is 16.5. The summed E-state index contributed by atoms with van der Waals surface area (Å²) in [6.07, 6.45) is 5.73. The van der Waals surface area contributed by atoms with Gasteiger partial charge in [-0.25, -0.2) is 0 Å². The minimum atomic E-state index is -0.0822. The lowest BCUT2D eigenvalue weighted by Crippen LogP contribution is -2.41. The molecule has 2 aliphatic rings. The van der Waals surface area contributed by atoms with E-state index in [2.05, 4.69) is 0 Å². The van der Waals surface area contributed by atoms with Crippen molar-refractivity contribution in [2.75, 3.05) is 13.2 Å². The Labute approximate surface area is 66.9 Å². The van der Waals surface area contributed by atoms with Crippen LogP contribution in [-0.4, -0.2) is 19.5 Å². The molecule has 1 aliphatic heterocycles. The van der Waals surface area contributed by atoms with E-state index in [1.807, 2.05) is 0 Å². The topological polar surface area (TPSA) is 26.3 Å². The van der Waals surface area contributed by atoms with Crippen LogP contribution < -0.4 is 0 Å². The Morgan fingerprint density at radius 3 is 3.18 bits per heavy atom. The van der Waals surface area contributed by atoms with E-state index in [1.54, 1.807) is 0 Å². The van der Waals surface area contributed by atoms with Gasteiger partial charge >= 0.3 is 0 Å². The maximum atomic E-state index is 10.8. The summed E-state index contributed by atoms with van der Waals surface area (Å²) in [5, 5.41) is 0. The van der Waals surface area contributed by atoms with Crippen molar-refractivity contribution in [1.82, 2.24) is 0 Å². The molecular formula is C9H14O2. The zero-order valence-corrected chi connectivity index (χ0v) is 6.71. The van der Waals surface area contributed by atoms with Crippen LogP contribution in [0.25, 0.3) is 0 Å². The molecule has 2 atom stereocenters. The van der Waals surface area contributed by atoms with E-state index in [4.69, 9.17) is 4.74 Å². The highest BCUT2D eigenvalue weighted by Gasteiger charge is 2.39. The number of hydrogen-bond acceptors (Lipinski definition) is 2. The third-order valence-electron chi connectivity index (χ3n) is 2.98. The molecule has 0 spiro atoms. The van der Waals surface area contributed by atoms with Crippen molar-refractivity contribution in [2.45, 2.75) is 25.7 Å². The Balaban J connectivity index is 2.13. The fourth-order valence-corrected chi connectivity index (χ4v) is 2.37. The van der Waals surface area contributed by atoms with Gasteiger partial charge in [-0.05, 0) is 25.2 Å². The highest BCUT2D eigenvalue weighted by Crippen LogP contribution is 2.41. The van der Waals surface area contributed by atoms with Gasteiger partial charge in [0, 0.05) is 12.0 Å². The molecule has 1 saturated carbocycles. The maximum absolute atomic E-state index is 10.8. The third kappa shape index (κ3) is 1.20. The molecule has 2 unspecified atom stereocenters. The smallest absolute Gasteiger partial charge is 0.128 e. The second kappa shape index (κ2) is 2.59. The summed E-state index contributed by atoms with van der Waals surface area (Å²) < 4.78 is 5.40.